The van der Waals surface area contributed by atoms with Gasteiger partial charge >= 0.3 is 6.18 Å². The predicted octanol–water partition coefficient (Wildman–Crippen LogP) is 3.12. The van der Waals surface area contributed by atoms with Gasteiger partial charge in [0.2, 0.25) is 10.0 Å². The minimum Gasteiger partial charge on any atom is -0.369 e. The molecule has 2 heterocycles. The Bertz CT molecular complexity index is 1200. The normalized spacial score (nSPS) is 20.4. The number of primary sulfonamides is 1. The highest BCUT2D eigenvalue weighted by atomic mass is 35.5. The number of fused-ring (bicyclic) bond motifs is 1. The Labute approximate surface area is 193 Å². The Kier molecular flexibility index (Phi) is 6.21. The Balaban J connectivity index is 1.45. The maximum Gasteiger partial charge on any atom is 0.416 e. The molecule has 178 valence electrons. The number of aliphatic hydroxyl groups is 1. The molecule has 3 N–H and O–H groups in total. The lowest BCUT2D eigenvalue weighted by Crippen LogP contribution is -2.46. The molecule has 2 aromatic rings. The van der Waals surface area contributed by atoms with Gasteiger partial charge in [-0.15, -0.1) is 0 Å². The summed E-state index contributed by atoms with van der Waals surface area (Å²) in [5.74, 6) is -0.518. The lowest BCUT2D eigenvalue weighted by Gasteiger charge is -2.38. The number of benzene rings is 2. The Morgan fingerprint density at radius 1 is 1.15 bits per heavy atom. The van der Waals surface area contributed by atoms with E-state index in [-0.39, 0.29) is 27.1 Å². The molecule has 12 heteroatoms. The zero-order valence-electron chi connectivity index (χ0n) is 17.2. The second kappa shape index (κ2) is 8.55. The van der Waals surface area contributed by atoms with Crippen molar-refractivity contribution in [3.05, 3.63) is 63.7 Å². The van der Waals surface area contributed by atoms with E-state index in [0.717, 1.165) is 18.2 Å². The summed E-state index contributed by atoms with van der Waals surface area (Å²) in [7, 11) is -4.15. The third kappa shape index (κ3) is 4.73. The highest BCUT2D eigenvalue weighted by Crippen LogP contribution is 2.39. The third-order valence-electron chi connectivity index (χ3n) is 6.03. The van der Waals surface area contributed by atoms with Crippen LogP contribution in [0.2, 0.25) is 5.02 Å². The monoisotopic (exact) mass is 503 g/mol. The summed E-state index contributed by atoms with van der Waals surface area (Å²) >= 11 is 6.00. The molecule has 0 radical (unpaired) electrons. The van der Waals surface area contributed by atoms with Crippen LogP contribution in [0.25, 0.3) is 0 Å². The van der Waals surface area contributed by atoms with Crippen LogP contribution in [-0.2, 0) is 22.7 Å². The van der Waals surface area contributed by atoms with Crippen LogP contribution in [0.1, 0.15) is 46.1 Å². The number of rotatable bonds is 4. The zero-order valence-corrected chi connectivity index (χ0v) is 18.8. The van der Waals surface area contributed by atoms with Crippen molar-refractivity contribution < 1.29 is 31.5 Å². The van der Waals surface area contributed by atoms with E-state index in [4.69, 9.17) is 16.7 Å². The van der Waals surface area contributed by atoms with Crippen LogP contribution in [0.5, 0.6) is 0 Å². The topological polar surface area (TPSA) is 104 Å². The lowest BCUT2D eigenvalue weighted by molar-refractivity contribution is -0.137. The number of carbonyl (C=O) groups is 1. The van der Waals surface area contributed by atoms with Gasteiger partial charge in [0.1, 0.15) is 4.90 Å². The third-order valence-corrected chi connectivity index (χ3v) is 7.40. The van der Waals surface area contributed by atoms with E-state index < -0.39 is 33.9 Å². The number of carbonyl (C=O) groups excluding carboxylic acids is 1. The summed E-state index contributed by atoms with van der Waals surface area (Å²) < 4.78 is 62.3. The second-order valence-electron chi connectivity index (χ2n) is 8.21. The number of nitrogens with two attached hydrogens (primary N) is 1. The molecule has 1 unspecified atom stereocenters. The molecular formula is C21H21ClF3N3O4S. The van der Waals surface area contributed by atoms with Gasteiger partial charge in [-0.1, -0.05) is 29.8 Å². The first-order chi connectivity index (χ1) is 15.4. The predicted molar refractivity (Wildman–Crippen MR) is 114 cm³/mol. The maximum atomic E-state index is 13.0. The standard InChI is InChI=1S/C21H21ClF3N3O4S/c22-17-9-15-16(10-18(17)33(26,31)32)20(30)28(19(15)29)14-4-6-27(7-5-14)11-12-2-1-3-13(8-12)21(23,24)25/h1-3,8-10,14,19,29H,4-7,11H2,(H2,26,31,32). The highest BCUT2D eigenvalue weighted by molar-refractivity contribution is 7.89. The number of hydrogen-bond acceptors (Lipinski definition) is 5. The van der Waals surface area contributed by atoms with Crippen molar-refractivity contribution in [3.8, 4) is 0 Å². The van der Waals surface area contributed by atoms with E-state index in [2.05, 4.69) is 0 Å². The molecule has 1 amide bonds. The van der Waals surface area contributed by atoms with E-state index >= 15 is 0 Å². The SMILES string of the molecule is NS(=O)(=O)c1cc2c(cc1Cl)C(O)N(C1CCN(Cc3cccc(C(F)(F)F)c3)CC1)C2=O. The first kappa shape index (κ1) is 24.0. The average molecular weight is 504 g/mol. The molecule has 2 aliphatic rings. The summed E-state index contributed by atoms with van der Waals surface area (Å²) in [6, 6.07) is 7.17. The van der Waals surface area contributed by atoms with Gasteiger partial charge in [0.05, 0.1) is 10.6 Å². The van der Waals surface area contributed by atoms with Gasteiger partial charge in [-0.25, -0.2) is 13.6 Å². The summed E-state index contributed by atoms with van der Waals surface area (Å²) in [5, 5.41) is 15.7. The number of nitrogens with zero attached hydrogens (tertiary/aromatic N) is 2. The Hall–Kier alpha value is -2.18. The number of hydrogen-bond donors (Lipinski definition) is 2. The molecule has 2 aliphatic heterocycles. The smallest absolute Gasteiger partial charge is 0.369 e. The van der Waals surface area contributed by atoms with Gasteiger partial charge in [-0.05, 0) is 36.6 Å². The fraction of sp³-hybridized carbons (Fsp3) is 0.381. The Morgan fingerprint density at radius 2 is 1.82 bits per heavy atom. The van der Waals surface area contributed by atoms with Crippen LogP contribution in [0.15, 0.2) is 41.3 Å². The van der Waals surface area contributed by atoms with Crippen LogP contribution in [0.3, 0.4) is 0 Å². The lowest BCUT2D eigenvalue weighted by atomic mass is 10.0. The first-order valence-electron chi connectivity index (χ1n) is 10.1. The van der Waals surface area contributed by atoms with E-state index in [1.54, 1.807) is 6.07 Å². The van der Waals surface area contributed by atoms with Crippen molar-refractivity contribution in [2.75, 3.05) is 13.1 Å². The molecule has 2 aromatic carbocycles. The van der Waals surface area contributed by atoms with Crippen molar-refractivity contribution in [2.45, 2.75) is 42.7 Å². The molecule has 0 bridgehead atoms. The summed E-state index contributed by atoms with van der Waals surface area (Å²) in [6.07, 6.45) is -4.70. The molecule has 0 spiro atoms. The number of halogens is 4. The molecule has 4 rings (SSSR count). The maximum absolute atomic E-state index is 13.0. The van der Waals surface area contributed by atoms with Crippen molar-refractivity contribution in [1.29, 1.82) is 0 Å². The number of amides is 1. The molecule has 1 atom stereocenters. The van der Waals surface area contributed by atoms with Gasteiger partial charge in [0.25, 0.3) is 5.91 Å². The molecule has 0 aromatic heterocycles. The van der Waals surface area contributed by atoms with E-state index in [1.165, 1.54) is 17.0 Å². The molecule has 1 saturated heterocycles. The number of alkyl halides is 3. The fourth-order valence-electron chi connectivity index (χ4n) is 4.41. The number of piperidine rings is 1. The van der Waals surface area contributed by atoms with Crippen molar-refractivity contribution in [1.82, 2.24) is 9.80 Å². The van der Waals surface area contributed by atoms with Gasteiger partial charge in [-0.2, -0.15) is 13.2 Å². The van der Waals surface area contributed by atoms with E-state index in [9.17, 15) is 31.5 Å². The van der Waals surface area contributed by atoms with Crippen LogP contribution >= 0.6 is 11.6 Å². The van der Waals surface area contributed by atoms with Gasteiger partial charge in [0, 0.05) is 36.8 Å². The molecular weight excluding hydrogens is 483 g/mol. The van der Waals surface area contributed by atoms with Crippen LogP contribution in [0.4, 0.5) is 13.2 Å². The summed E-state index contributed by atoms with van der Waals surface area (Å²) in [4.78, 5) is 15.9. The largest absolute Gasteiger partial charge is 0.416 e. The van der Waals surface area contributed by atoms with Crippen molar-refractivity contribution in [2.24, 2.45) is 5.14 Å². The number of likely N-dealkylation sites (tertiary alicyclic amines) is 1. The molecule has 0 saturated carbocycles. The van der Waals surface area contributed by atoms with Crippen molar-refractivity contribution in [3.63, 3.8) is 0 Å². The molecule has 7 nitrogen and oxygen atoms in total. The average Bonchev–Trinajstić information content (AvgIpc) is 2.96. The minimum absolute atomic E-state index is 0.0299. The van der Waals surface area contributed by atoms with Crippen LogP contribution in [-0.4, -0.2) is 48.4 Å². The first-order valence-corrected chi connectivity index (χ1v) is 12.0. The van der Waals surface area contributed by atoms with Crippen LogP contribution < -0.4 is 5.14 Å². The summed E-state index contributed by atoms with van der Waals surface area (Å²) in [5.41, 5.74) is 0.0835. The molecule has 1 fully saturated rings. The van der Waals surface area contributed by atoms with E-state index in [1.807, 2.05) is 4.90 Å². The van der Waals surface area contributed by atoms with Gasteiger partial charge in [-0.3, -0.25) is 9.69 Å². The van der Waals surface area contributed by atoms with Crippen molar-refractivity contribution >= 4 is 27.5 Å². The second-order valence-corrected chi connectivity index (χ2v) is 10.1. The number of aliphatic hydroxyl groups excluding tert-OH is 1. The van der Waals surface area contributed by atoms with E-state index in [0.29, 0.717) is 38.0 Å². The molecule has 33 heavy (non-hydrogen) atoms. The minimum atomic E-state index is -4.41. The van der Waals surface area contributed by atoms with Gasteiger partial charge < -0.3 is 10.0 Å². The highest BCUT2D eigenvalue weighted by Gasteiger charge is 2.42. The number of sulfonamides is 1. The summed E-state index contributed by atoms with van der Waals surface area (Å²) in [6.45, 7) is 1.36. The Morgan fingerprint density at radius 3 is 2.42 bits per heavy atom. The molecule has 0 aliphatic carbocycles. The quantitative estimate of drug-likeness (QED) is 0.667. The van der Waals surface area contributed by atoms with Crippen LogP contribution in [0, 0.1) is 0 Å². The van der Waals surface area contributed by atoms with Gasteiger partial charge in [0.15, 0.2) is 6.23 Å². The zero-order chi connectivity index (χ0) is 24.1. The fourth-order valence-corrected chi connectivity index (χ4v) is 5.52.